The predicted octanol–water partition coefficient (Wildman–Crippen LogP) is 5.11. The predicted molar refractivity (Wildman–Crippen MR) is 139 cm³/mol. The Morgan fingerprint density at radius 3 is 2.47 bits per heavy atom. The van der Waals surface area contributed by atoms with E-state index in [2.05, 4.69) is 10.6 Å². The number of aromatic nitrogens is 1. The molecule has 1 aliphatic carbocycles. The van der Waals surface area contributed by atoms with Crippen molar-refractivity contribution in [3.05, 3.63) is 83.7 Å². The average molecular weight is 512 g/mol. The molecular formula is C28H31ClFN3O3. The van der Waals surface area contributed by atoms with Gasteiger partial charge in [-0.25, -0.2) is 14.2 Å². The molecular weight excluding hydrogens is 481 g/mol. The monoisotopic (exact) mass is 511 g/mol. The Morgan fingerprint density at radius 1 is 1.08 bits per heavy atom. The molecule has 1 aromatic heterocycles. The summed E-state index contributed by atoms with van der Waals surface area (Å²) < 4.78 is 25.2. The van der Waals surface area contributed by atoms with Gasteiger partial charge in [-0.05, 0) is 41.5 Å². The zero-order valence-electron chi connectivity index (χ0n) is 20.4. The van der Waals surface area contributed by atoms with Gasteiger partial charge in [-0.1, -0.05) is 44.2 Å². The number of amides is 1. The van der Waals surface area contributed by atoms with Crippen LogP contribution in [0, 0.1) is 17.7 Å². The van der Waals surface area contributed by atoms with Crippen molar-refractivity contribution in [2.45, 2.75) is 32.0 Å². The number of halogens is 2. The van der Waals surface area contributed by atoms with Crippen LogP contribution in [0.1, 0.15) is 25.0 Å². The van der Waals surface area contributed by atoms with Crippen LogP contribution in [0.25, 0.3) is 11.3 Å². The van der Waals surface area contributed by atoms with Crippen LogP contribution < -0.4 is 15.4 Å². The number of piperidine rings is 1. The van der Waals surface area contributed by atoms with E-state index in [-0.39, 0.29) is 30.9 Å². The van der Waals surface area contributed by atoms with Crippen LogP contribution in [-0.2, 0) is 16.8 Å². The second-order valence-electron chi connectivity index (χ2n) is 9.95. The number of carbonyl (C=O) groups is 1. The van der Waals surface area contributed by atoms with Crippen molar-refractivity contribution in [2.75, 3.05) is 19.6 Å². The minimum absolute atomic E-state index is 0. The molecule has 2 aliphatic rings. The van der Waals surface area contributed by atoms with E-state index in [1.807, 2.05) is 56.3 Å². The smallest absolute Gasteiger partial charge is 0.407 e. The van der Waals surface area contributed by atoms with Crippen LogP contribution in [0.2, 0.25) is 0 Å². The average Bonchev–Trinajstić information content (AvgIpc) is 3.26. The van der Waals surface area contributed by atoms with E-state index >= 15 is 0 Å². The molecule has 1 saturated carbocycles. The number of nitrogens with one attached hydrogen (secondary N) is 2. The molecule has 1 unspecified atom stereocenters. The molecule has 5 rings (SSSR count). The van der Waals surface area contributed by atoms with Gasteiger partial charge in [-0.15, -0.1) is 12.4 Å². The number of alkyl carbamates (subject to hydrolysis) is 1. The number of rotatable bonds is 8. The Bertz CT molecular complexity index is 1180. The summed E-state index contributed by atoms with van der Waals surface area (Å²) in [4.78, 5) is 17.1. The Kier molecular flexibility index (Phi) is 7.81. The normalized spacial score (nSPS) is 20.1. The van der Waals surface area contributed by atoms with Crippen LogP contribution in [0.5, 0.6) is 5.88 Å². The largest absolute Gasteiger partial charge is 0.474 e. The number of nitrogens with zero attached hydrogens (tertiary/aromatic N) is 1. The fraction of sp³-hybridized carbons (Fsp3) is 0.357. The number of carbonyl (C=O) groups excluding carboxylic acids is 1. The van der Waals surface area contributed by atoms with E-state index in [0.717, 1.165) is 29.8 Å². The van der Waals surface area contributed by atoms with Crippen LogP contribution in [0.3, 0.4) is 0 Å². The van der Waals surface area contributed by atoms with Crippen LogP contribution >= 0.6 is 12.4 Å². The highest BCUT2D eigenvalue weighted by molar-refractivity contribution is 5.85. The first-order valence-corrected chi connectivity index (χ1v) is 12.0. The molecule has 190 valence electrons. The summed E-state index contributed by atoms with van der Waals surface area (Å²) in [6.07, 6.45) is -0.293. The lowest BCUT2D eigenvalue weighted by Crippen LogP contribution is -2.37. The third-order valence-corrected chi connectivity index (χ3v) is 6.88. The molecule has 2 fully saturated rings. The van der Waals surface area contributed by atoms with Crippen molar-refractivity contribution in [3.63, 3.8) is 0 Å². The summed E-state index contributed by atoms with van der Waals surface area (Å²) in [5, 5.41) is 6.26. The van der Waals surface area contributed by atoms with Gasteiger partial charge >= 0.3 is 6.09 Å². The summed E-state index contributed by atoms with van der Waals surface area (Å²) in [7, 11) is 0. The maximum atomic E-state index is 13.5. The molecule has 2 aromatic carbocycles. The fourth-order valence-corrected chi connectivity index (χ4v) is 4.57. The molecule has 0 radical (unpaired) electrons. The van der Waals surface area contributed by atoms with Gasteiger partial charge in [0.1, 0.15) is 18.5 Å². The molecule has 3 atom stereocenters. The first-order valence-electron chi connectivity index (χ1n) is 12.0. The molecule has 36 heavy (non-hydrogen) atoms. The Balaban J connectivity index is 0.00000304. The first-order chi connectivity index (χ1) is 16.9. The molecule has 1 aliphatic heterocycles. The van der Waals surface area contributed by atoms with Gasteiger partial charge in [0.2, 0.25) is 5.88 Å². The summed E-state index contributed by atoms with van der Waals surface area (Å²) in [6, 6.07) is 19.8. The molecule has 6 nitrogen and oxygen atoms in total. The number of fused-ring (bicyclic) bond motifs is 1. The maximum Gasteiger partial charge on any atom is 0.407 e. The molecule has 3 aromatic rings. The van der Waals surface area contributed by atoms with E-state index in [0.29, 0.717) is 30.0 Å². The Morgan fingerprint density at radius 2 is 1.78 bits per heavy atom. The maximum absolute atomic E-state index is 13.5. The summed E-state index contributed by atoms with van der Waals surface area (Å²) in [5.41, 5.74) is 2.99. The topological polar surface area (TPSA) is 72.5 Å². The summed E-state index contributed by atoms with van der Waals surface area (Å²) in [6.45, 7) is 6.63. The number of hydrogen-bond donors (Lipinski definition) is 2. The molecule has 8 heteroatoms. The van der Waals surface area contributed by atoms with Gasteiger partial charge in [-0.3, -0.25) is 0 Å². The second-order valence-corrected chi connectivity index (χ2v) is 9.95. The van der Waals surface area contributed by atoms with Crippen molar-refractivity contribution in [2.24, 2.45) is 11.8 Å². The van der Waals surface area contributed by atoms with Gasteiger partial charge in [0.05, 0.1) is 5.69 Å². The molecule has 2 N–H and O–H groups in total. The minimum atomic E-state index is -0.468. The van der Waals surface area contributed by atoms with E-state index < -0.39 is 11.5 Å². The SMILES string of the molecule is CC(C)(CNC(=O)OCc1ccccc1)c1cc(OC2[C@H]3CNC[C@@H]23)nc(-c2ccc(F)cc2)c1.Cl. The van der Waals surface area contributed by atoms with Crippen molar-refractivity contribution >= 4 is 18.5 Å². The zero-order chi connectivity index (χ0) is 24.4. The van der Waals surface area contributed by atoms with Gasteiger partial charge in [0.25, 0.3) is 0 Å². The van der Waals surface area contributed by atoms with E-state index in [1.54, 1.807) is 12.1 Å². The fourth-order valence-electron chi connectivity index (χ4n) is 4.57. The van der Waals surface area contributed by atoms with Crippen molar-refractivity contribution in [3.8, 4) is 17.1 Å². The summed E-state index contributed by atoms with van der Waals surface area (Å²) >= 11 is 0. The standard InChI is InChI=1S/C28H30FN3O3.ClH/c1-28(2,17-31-27(33)34-16-18-6-4-3-5-7-18)20-12-24(19-8-10-21(29)11-9-19)32-25(13-20)35-26-22-14-30-15-23(22)26;/h3-13,22-23,26,30H,14-17H2,1-2H3,(H,31,33);1H/t22-,23+,26?;. The Labute approximate surface area is 217 Å². The van der Waals surface area contributed by atoms with E-state index in [4.69, 9.17) is 14.5 Å². The number of pyridine rings is 1. The molecule has 2 heterocycles. The highest BCUT2D eigenvalue weighted by atomic mass is 35.5. The highest BCUT2D eigenvalue weighted by Crippen LogP contribution is 2.44. The van der Waals surface area contributed by atoms with Crippen molar-refractivity contribution in [1.82, 2.24) is 15.6 Å². The third-order valence-electron chi connectivity index (χ3n) is 6.88. The highest BCUT2D eigenvalue weighted by Gasteiger charge is 2.55. The minimum Gasteiger partial charge on any atom is -0.474 e. The first kappa shape index (κ1) is 25.9. The quantitative estimate of drug-likeness (QED) is 0.439. The van der Waals surface area contributed by atoms with Crippen LogP contribution in [0.4, 0.5) is 9.18 Å². The second kappa shape index (κ2) is 10.8. The van der Waals surface area contributed by atoms with Crippen LogP contribution in [-0.4, -0.2) is 36.8 Å². The van der Waals surface area contributed by atoms with E-state index in [1.165, 1.54) is 12.1 Å². The third kappa shape index (κ3) is 5.97. The van der Waals surface area contributed by atoms with E-state index in [9.17, 15) is 9.18 Å². The number of ether oxygens (including phenoxy) is 2. The van der Waals surface area contributed by atoms with Crippen molar-refractivity contribution in [1.29, 1.82) is 0 Å². The number of hydrogen-bond acceptors (Lipinski definition) is 5. The lowest BCUT2D eigenvalue weighted by atomic mass is 9.84. The molecule has 1 amide bonds. The van der Waals surface area contributed by atoms with Gasteiger partial charge < -0.3 is 20.1 Å². The van der Waals surface area contributed by atoms with Gasteiger partial charge in [0, 0.05) is 48.5 Å². The van der Waals surface area contributed by atoms with Gasteiger partial charge in [-0.2, -0.15) is 0 Å². The van der Waals surface area contributed by atoms with Crippen molar-refractivity contribution < 1.29 is 18.7 Å². The number of benzene rings is 2. The lowest BCUT2D eigenvalue weighted by Gasteiger charge is -2.26. The molecule has 1 saturated heterocycles. The Hall–Kier alpha value is -3.16. The zero-order valence-corrected chi connectivity index (χ0v) is 21.2. The van der Waals surface area contributed by atoms with Gasteiger partial charge in [0.15, 0.2) is 0 Å². The summed E-state index contributed by atoms with van der Waals surface area (Å²) in [5.74, 6) is 1.33. The molecule has 0 spiro atoms. The lowest BCUT2D eigenvalue weighted by molar-refractivity contribution is 0.137. The molecule has 0 bridgehead atoms. The van der Waals surface area contributed by atoms with Crippen LogP contribution in [0.15, 0.2) is 66.7 Å².